The first-order chi connectivity index (χ1) is 12.7. The predicted octanol–water partition coefficient (Wildman–Crippen LogP) is 5.72. The summed E-state index contributed by atoms with van der Waals surface area (Å²) in [6, 6.07) is 25.3. The van der Waals surface area contributed by atoms with Gasteiger partial charge in [-0.2, -0.15) is 0 Å². The third kappa shape index (κ3) is 3.16. The fourth-order valence-electron chi connectivity index (χ4n) is 3.10. The Bertz CT molecular complexity index is 968. The number of benzene rings is 3. The number of hydrogen-bond acceptors (Lipinski definition) is 2. The molecule has 0 unspecified atom stereocenters. The first kappa shape index (κ1) is 16.3. The van der Waals surface area contributed by atoms with Crippen molar-refractivity contribution in [1.82, 2.24) is 9.97 Å². The Kier molecular flexibility index (Phi) is 4.36. The van der Waals surface area contributed by atoms with Gasteiger partial charge in [-0.05, 0) is 25.0 Å². The molecule has 3 heteroatoms. The van der Waals surface area contributed by atoms with E-state index in [4.69, 9.17) is 4.98 Å². The van der Waals surface area contributed by atoms with Crippen LogP contribution in [-0.4, -0.2) is 22.2 Å². The summed E-state index contributed by atoms with van der Waals surface area (Å²) in [5, 5.41) is 0. The second-order valence-electron chi connectivity index (χ2n) is 6.61. The lowest BCUT2D eigenvalue weighted by atomic mass is 9.98. The van der Waals surface area contributed by atoms with Crippen LogP contribution in [0, 0.1) is 0 Å². The standard InChI is InChI=1S/C23H21N3/c1-16(2)24-15-21-25-22-19(17-9-5-3-6-10-17)13-14-20(23(22)26-21)18-11-7-4-8-12-18/h3-16H,1-2H3,(H,25,26)/b24-15+. The topological polar surface area (TPSA) is 41.0 Å². The van der Waals surface area contributed by atoms with Crippen LogP contribution in [0.25, 0.3) is 33.3 Å². The molecule has 1 heterocycles. The van der Waals surface area contributed by atoms with Crippen molar-refractivity contribution in [3.05, 3.63) is 78.6 Å². The molecule has 0 bridgehead atoms. The van der Waals surface area contributed by atoms with Crippen molar-refractivity contribution in [2.45, 2.75) is 19.9 Å². The molecule has 0 fully saturated rings. The van der Waals surface area contributed by atoms with E-state index in [1.54, 1.807) is 0 Å². The first-order valence-corrected chi connectivity index (χ1v) is 8.89. The summed E-state index contributed by atoms with van der Waals surface area (Å²) in [6.45, 7) is 4.12. The summed E-state index contributed by atoms with van der Waals surface area (Å²) in [5.41, 5.74) is 6.63. The van der Waals surface area contributed by atoms with Crippen molar-refractivity contribution in [2.75, 3.05) is 0 Å². The van der Waals surface area contributed by atoms with Gasteiger partial charge in [-0.25, -0.2) is 4.98 Å². The molecule has 0 aliphatic rings. The van der Waals surface area contributed by atoms with E-state index in [2.05, 4.69) is 84.5 Å². The fourth-order valence-corrected chi connectivity index (χ4v) is 3.10. The molecule has 0 spiro atoms. The van der Waals surface area contributed by atoms with Gasteiger partial charge in [0.2, 0.25) is 0 Å². The zero-order chi connectivity index (χ0) is 17.9. The molecule has 4 rings (SSSR count). The van der Waals surface area contributed by atoms with Crippen LogP contribution >= 0.6 is 0 Å². The molecule has 0 amide bonds. The second-order valence-corrected chi connectivity index (χ2v) is 6.61. The van der Waals surface area contributed by atoms with Crippen molar-refractivity contribution in [3.63, 3.8) is 0 Å². The minimum atomic E-state index is 0.241. The highest BCUT2D eigenvalue weighted by molar-refractivity contribution is 6.02. The van der Waals surface area contributed by atoms with Gasteiger partial charge in [0, 0.05) is 17.2 Å². The van der Waals surface area contributed by atoms with Crippen LogP contribution in [0.3, 0.4) is 0 Å². The number of hydrogen-bond donors (Lipinski definition) is 1. The van der Waals surface area contributed by atoms with Crippen LogP contribution in [0.2, 0.25) is 0 Å². The molecule has 0 saturated carbocycles. The molecule has 0 aliphatic carbocycles. The lowest BCUT2D eigenvalue weighted by Crippen LogP contribution is -1.91. The smallest absolute Gasteiger partial charge is 0.149 e. The monoisotopic (exact) mass is 339 g/mol. The summed E-state index contributed by atoms with van der Waals surface area (Å²) in [5.74, 6) is 0.786. The van der Waals surface area contributed by atoms with Crippen LogP contribution in [0.15, 0.2) is 77.8 Å². The van der Waals surface area contributed by atoms with Gasteiger partial charge in [0.1, 0.15) is 5.82 Å². The van der Waals surface area contributed by atoms with E-state index in [1.165, 1.54) is 5.56 Å². The normalized spacial score (nSPS) is 11.7. The Morgan fingerprint density at radius 1 is 0.808 bits per heavy atom. The quantitative estimate of drug-likeness (QED) is 0.474. The molecule has 4 aromatic rings. The van der Waals surface area contributed by atoms with Gasteiger partial charge in [-0.1, -0.05) is 72.8 Å². The number of nitrogens with one attached hydrogen (secondary N) is 1. The van der Waals surface area contributed by atoms with E-state index >= 15 is 0 Å². The summed E-state index contributed by atoms with van der Waals surface area (Å²) in [6.07, 6.45) is 1.83. The molecule has 0 saturated heterocycles. The van der Waals surface area contributed by atoms with E-state index < -0.39 is 0 Å². The zero-order valence-electron chi connectivity index (χ0n) is 15.0. The Balaban J connectivity index is 1.95. The number of imidazole rings is 1. The van der Waals surface area contributed by atoms with Gasteiger partial charge in [-0.3, -0.25) is 4.99 Å². The van der Waals surface area contributed by atoms with Crippen LogP contribution in [0.5, 0.6) is 0 Å². The van der Waals surface area contributed by atoms with Crippen molar-refractivity contribution in [2.24, 2.45) is 4.99 Å². The molecule has 26 heavy (non-hydrogen) atoms. The molecule has 1 aromatic heterocycles. The molecule has 0 radical (unpaired) electrons. The van der Waals surface area contributed by atoms with E-state index in [0.29, 0.717) is 0 Å². The average molecular weight is 339 g/mol. The molecule has 0 aliphatic heterocycles. The van der Waals surface area contributed by atoms with Crippen molar-refractivity contribution < 1.29 is 0 Å². The Morgan fingerprint density at radius 2 is 1.38 bits per heavy atom. The summed E-state index contributed by atoms with van der Waals surface area (Å²) < 4.78 is 0. The number of aromatic amines is 1. The molecule has 0 atom stereocenters. The molecule has 3 aromatic carbocycles. The average Bonchev–Trinajstić information content (AvgIpc) is 3.11. The number of H-pyrrole nitrogens is 1. The third-order valence-corrected chi connectivity index (χ3v) is 4.33. The highest BCUT2D eigenvalue weighted by Gasteiger charge is 2.13. The first-order valence-electron chi connectivity index (χ1n) is 8.89. The van der Waals surface area contributed by atoms with Gasteiger partial charge >= 0.3 is 0 Å². The molecule has 128 valence electrons. The largest absolute Gasteiger partial charge is 0.337 e. The number of aromatic nitrogens is 2. The molecule has 3 nitrogen and oxygen atoms in total. The van der Waals surface area contributed by atoms with E-state index in [9.17, 15) is 0 Å². The summed E-state index contributed by atoms with van der Waals surface area (Å²) in [7, 11) is 0. The van der Waals surface area contributed by atoms with Gasteiger partial charge in [0.15, 0.2) is 0 Å². The SMILES string of the molecule is CC(C)/N=C/c1nc2c(-c3ccccc3)ccc(-c3ccccc3)c2[nH]1. The van der Waals surface area contributed by atoms with Crippen molar-refractivity contribution in [3.8, 4) is 22.3 Å². The third-order valence-electron chi connectivity index (χ3n) is 4.33. The Morgan fingerprint density at radius 3 is 2.00 bits per heavy atom. The number of nitrogens with zero attached hydrogens (tertiary/aromatic N) is 2. The van der Waals surface area contributed by atoms with Crippen LogP contribution in [-0.2, 0) is 0 Å². The van der Waals surface area contributed by atoms with E-state index in [-0.39, 0.29) is 6.04 Å². The molecular formula is C23H21N3. The van der Waals surface area contributed by atoms with Gasteiger partial charge in [-0.15, -0.1) is 0 Å². The van der Waals surface area contributed by atoms with Crippen LogP contribution in [0.1, 0.15) is 19.7 Å². The number of rotatable bonds is 4. The summed E-state index contributed by atoms with van der Waals surface area (Å²) in [4.78, 5) is 12.8. The second kappa shape index (κ2) is 6.96. The number of aliphatic imine (C=N–C) groups is 1. The van der Waals surface area contributed by atoms with Gasteiger partial charge in [0.05, 0.1) is 17.2 Å². The minimum absolute atomic E-state index is 0.241. The maximum absolute atomic E-state index is 4.84. The summed E-state index contributed by atoms with van der Waals surface area (Å²) >= 11 is 0. The fraction of sp³-hybridized carbons (Fsp3) is 0.130. The molecular weight excluding hydrogens is 318 g/mol. The lowest BCUT2D eigenvalue weighted by Gasteiger charge is -2.07. The highest BCUT2D eigenvalue weighted by Crippen LogP contribution is 2.34. The zero-order valence-corrected chi connectivity index (χ0v) is 15.0. The van der Waals surface area contributed by atoms with Gasteiger partial charge in [0.25, 0.3) is 0 Å². The minimum Gasteiger partial charge on any atom is -0.337 e. The van der Waals surface area contributed by atoms with Crippen molar-refractivity contribution in [1.29, 1.82) is 0 Å². The van der Waals surface area contributed by atoms with Crippen LogP contribution in [0.4, 0.5) is 0 Å². The van der Waals surface area contributed by atoms with E-state index in [0.717, 1.165) is 33.5 Å². The Labute approximate surface area is 153 Å². The maximum Gasteiger partial charge on any atom is 0.149 e. The van der Waals surface area contributed by atoms with Gasteiger partial charge < -0.3 is 4.98 Å². The lowest BCUT2D eigenvalue weighted by molar-refractivity contribution is 0.840. The Hall–Kier alpha value is -3.20. The highest BCUT2D eigenvalue weighted by atomic mass is 14.9. The number of fused-ring (bicyclic) bond motifs is 1. The van der Waals surface area contributed by atoms with Crippen molar-refractivity contribution >= 4 is 17.2 Å². The predicted molar refractivity (Wildman–Crippen MR) is 110 cm³/mol. The maximum atomic E-state index is 4.84. The molecule has 1 N–H and O–H groups in total. The van der Waals surface area contributed by atoms with Crippen LogP contribution < -0.4 is 0 Å². The van der Waals surface area contributed by atoms with E-state index in [1.807, 2.05) is 18.3 Å².